The van der Waals surface area contributed by atoms with Crippen molar-refractivity contribution in [2.75, 3.05) is 32.5 Å². The number of benzene rings is 2. The monoisotopic (exact) mass is 463 g/mol. The molecule has 0 aliphatic rings. The fourth-order valence-electron chi connectivity index (χ4n) is 4.01. The quantitative estimate of drug-likeness (QED) is 0.480. The summed E-state index contributed by atoms with van der Waals surface area (Å²) in [5.41, 5.74) is 2.55. The Morgan fingerprint density at radius 3 is 2.32 bits per heavy atom. The Kier molecular flexibility index (Phi) is 8.45. The molecule has 34 heavy (non-hydrogen) atoms. The second-order valence-electron chi connectivity index (χ2n) is 9.32. The molecule has 1 heterocycles. The highest BCUT2D eigenvalue weighted by Gasteiger charge is 2.26. The molecule has 0 saturated carbocycles. The summed E-state index contributed by atoms with van der Waals surface area (Å²) >= 11 is 0. The predicted octanol–water partition coefficient (Wildman–Crippen LogP) is 5.09. The summed E-state index contributed by atoms with van der Waals surface area (Å²) in [7, 11) is 3.96. The van der Waals surface area contributed by atoms with Crippen LogP contribution in [0.15, 0.2) is 53.3 Å². The molecule has 3 rings (SSSR count). The van der Waals surface area contributed by atoms with Crippen molar-refractivity contribution >= 4 is 22.6 Å². The molecule has 0 spiro atoms. The van der Waals surface area contributed by atoms with Gasteiger partial charge in [0.1, 0.15) is 5.82 Å². The molecule has 0 fully saturated rings. The number of hydrogen-bond donors (Lipinski definition) is 1. The van der Waals surface area contributed by atoms with E-state index < -0.39 is 6.04 Å². The van der Waals surface area contributed by atoms with Gasteiger partial charge in [-0.3, -0.25) is 9.36 Å². The molecular formula is C27H37N5O2. The minimum atomic E-state index is -0.390. The number of amides is 2. The molecule has 182 valence electrons. The molecule has 2 aromatic carbocycles. The van der Waals surface area contributed by atoms with Gasteiger partial charge in [0.15, 0.2) is 0 Å². The minimum absolute atomic E-state index is 0.0634. The van der Waals surface area contributed by atoms with E-state index in [1.807, 2.05) is 81.4 Å². The van der Waals surface area contributed by atoms with Crippen molar-refractivity contribution in [2.45, 2.75) is 52.6 Å². The Morgan fingerprint density at radius 2 is 1.71 bits per heavy atom. The smallest absolute Gasteiger partial charge is 0.313 e. The van der Waals surface area contributed by atoms with Crippen LogP contribution in [0.5, 0.6) is 0 Å². The second kappa shape index (κ2) is 11.3. The van der Waals surface area contributed by atoms with Crippen molar-refractivity contribution in [2.24, 2.45) is 0 Å². The van der Waals surface area contributed by atoms with Crippen LogP contribution < -0.4 is 10.9 Å². The Bertz CT molecular complexity index is 1170. The summed E-state index contributed by atoms with van der Waals surface area (Å²) in [5.74, 6) is 1.03. The Morgan fingerprint density at radius 1 is 1.03 bits per heavy atom. The van der Waals surface area contributed by atoms with Crippen LogP contribution in [0, 0.1) is 0 Å². The molecule has 0 bridgehead atoms. The van der Waals surface area contributed by atoms with Gasteiger partial charge >= 0.3 is 6.03 Å². The van der Waals surface area contributed by atoms with E-state index in [1.165, 1.54) is 5.56 Å². The van der Waals surface area contributed by atoms with Crippen LogP contribution in [-0.4, -0.2) is 52.6 Å². The summed E-state index contributed by atoms with van der Waals surface area (Å²) in [6.07, 6.45) is 0.797. The van der Waals surface area contributed by atoms with Gasteiger partial charge < -0.3 is 15.1 Å². The van der Waals surface area contributed by atoms with Crippen LogP contribution in [0.2, 0.25) is 0 Å². The van der Waals surface area contributed by atoms with E-state index in [-0.39, 0.29) is 11.6 Å². The number of nitrogens with zero attached hydrogens (tertiary/aromatic N) is 4. The highest BCUT2D eigenvalue weighted by atomic mass is 16.2. The van der Waals surface area contributed by atoms with E-state index in [4.69, 9.17) is 4.98 Å². The number of hydrogen-bond acceptors (Lipinski definition) is 4. The molecule has 0 radical (unpaired) electrons. The van der Waals surface area contributed by atoms with Crippen molar-refractivity contribution in [3.05, 3.63) is 70.3 Å². The molecule has 2 amide bonds. The van der Waals surface area contributed by atoms with Gasteiger partial charge in [0, 0.05) is 25.3 Å². The molecule has 1 N–H and O–H groups in total. The van der Waals surface area contributed by atoms with Gasteiger partial charge in [-0.1, -0.05) is 45.0 Å². The number of anilines is 1. The number of fused-ring (bicyclic) bond motifs is 1. The second-order valence-corrected chi connectivity index (χ2v) is 9.32. The lowest BCUT2D eigenvalue weighted by Gasteiger charge is -2.31. The van der Waals surface area contributed by atoms with Gasteiger partial charge in [0.05, 0.1) is 16.9 Å². The first-order valence-electron chi connectivity index (χ1n) is 12.0. The fraction of sp³-hybridized carbons (Fsp3) is 0.444. The first-order chi connectivity index (χ1) is 16.2. The van der Waals surface area contributed by atoms with E-state index >= 15 is 0 Å². The van der Waals surface area contributed by atoms with Gasteiger partial charge in [-0.2, -0.15) is 0 Å². The average Bonchev–Trinajstić information content (AvgIpc) is 2.81. The van der Waals surface area contributed by atoms with Crippen LogP contribution in [0.25, 0.3) is 10.9 Å². The number of rotatable bonds is 9. The molecule has 0 aliphatic heterocycles. The van der Waals surface area contributed by atoms with Gasteiger partial charge in [0.25, 0.3) is 5.56 Å². The average molecular weight is 464 g/mol. The number of nitrogens with one attached hydrogen (secondary N) is 1. The van der Waals surface area contributed by atoms with Crippen molar-refractivity contribution in [3.8, 4) is 0 Å². The molecule has 1 atom stereocenters. The number of carbonyl (C=O) groups excluding carboxylic acids is 1. The number of likely N-dealkylation sites (N-methyl/N-ethyl adjacent to an activating group) is 1. The van der Waals surface area contributed by atoms with Crippen LogP contribution in [-0.2, 0) is 6.54 Å². The maximum atomic E-state index is 13.5. The molecule has 0 aliphatic carbocycles. The normalized spacial score (nSPS) is 12.4. The molecule has 7 nitrogen and oxygen atoms in total. The zero-order valence-electron chi connectivity index (χ0n) is 21.2. The van der Waals surface area contributed by atoms with Crippen molar-refractivity contribution in [3.63, 3.8) is 0 Å². The van der Waals surface area contributed by atoms with Gasteiger partial charge in [-0.15, -0.1) is 0 Å². The molecule has 1 aromatic heterocycles. The topological polar surface area (TPSA) is 70.5 Å². The maximum Gasteiger partial charge on any atom is 0.322 e. The molecular weight excluding hydrogens is 426 g/mol. The van der Waals surface area contributed by atoms with E-state index in [0.29, 0.717) is 42.3 Å². The molecule has 7 heteroatoms. The van der Waals surface area contributed by atoms with E-state index in [2.05, 4.69) is 19.2 Å². The lowest BCUT2D eigenvalue weighted by molar-refractivity contribution is 0.180. The minimum Gasteiger partial charge on any atom is -0.313 e. The van der Waals surface area contributed by atoms with Crippen molar-refractivity contribution in [1.82, 2.24) is 19.4 Å². The van der Waals surface area contributed by atoms with Crippen LogP contribution in [0.3, 0.4) is 0 Å². The lowest BCUT2D eigenvalue weighted by atomic mass is 10.0. The number of carbonyl (C=O) groups is 1. The maximum absolute atomic E-state index is 13.5. The highest BCUT2D eigenvalue weighted by Crippen LogP contribution is 2.23. The first-order valence-corrected chi connectivity index (χ1v) is 12.0. The van der Waals surface area contributed by atoms with Crippen molar-refractivity contribution in [1.29, 1.82) is 0 Å². The number of aromatic nitrogens is 2. The van der Waals surface area contributed by atoms with Crippen molar-refractivity contribution < 1.29 is 4.79 Å². The molecule has 3 aromatic rings. The summed E-state index contributed by atoms with van der Waals surface area (Å²) in [5, 5.41) is 3.64. The van der Waals surface area contributed by atoms with Crippen LogP contribution in [0.4, 0.5) is 10.5 Å². The van der Waals surface area contributed by atoms with Gasteiger partial charge in [-0.05, 0) is 63.2 Å². The summed E-state index contributed by atoms with van der Waals surface area (Å²) in [4.78, 5) is 35.4. The highest BCUT2D eigenvalue weighted by molar-refractivity contribution is 5.89. The number of para-hydroxylation sites is 1. The van der Waals surface area contributed by atoms with Crippen LogP contribution in [0.1, 0.15) is 57.5 Å². The zero-order valence-corrected chi connectivity index (χ0v) is 21.2. The Balaban J connectivity index is 1.98. The van der Waals surface area contributed by atoms with Gasteiger partial charge in [-0.25, -0.2) is 9.78 Å². The van der Waals surface area contributed by atoms with E-state index in [0.717, 1.165) is 12.1 Å². The predicted molar refractivity (Wildman–Crippen MR) is 140 cm³/mol. The lowest BCUT2D eigenvalue weighted by Crippen LogP contribution is -2.43. The third-order valence-electron chi connectivity index (χ3n) is 6.06. The standard InChI is InChI=1S/C27H37N5O2/c1-7-16-32-25(29-24-11-9-8-10-23(24)26(32)33)20(4)31(18-17-30(5)6)27(34)28-22-14-12-21(13-15-22)19(2)3/h8-15,19-20H,7,16-18H2,1-6H3,(H,28,34). The SMILES string of the molecule is CCCn1c(C(C)N(CCN(C)C)C(=O)Nc2ccc(C(C)C)cc2)nc2ccccc2c1=O. The third kappa shape index (κ3) is 5.83. The van der Waals surface area contributed by atoms with E-state index in [9.17, 15) is 9.59 Å². The molecule has 0 saturated heterocycles. The largest absolute Gasteiger partial charge is 0.322 e. The van der Waals surface area contributed by atoms with Crippen LogP contribution >= 0.6 is 0 Å². The first kappa shape index (κ1) is 25.4. The fourth-order valence-corrected chi connectivity index (χ4v) is 4.01. The molecule has 1 unspecified atom stereocenters. The zero-order chi connectivity index (χ0) is 24.8. The summed E-state index contributed by atoms with van der Waals surface area (Å²) in [6.45, 7) is 10.0. The Labute approximate surface area is 202 Å². The van der Waals surface area contributed by atoms with E-state index in [1.54, 1.807) is 9.47 Å². The summed E-state index contributed by atoms with van der Waals surface area (Å²) in [6, 6.07) is 14.7. The number of urea groups is 1. The Hall–Kier alpha value is -3.19. The summed E-state index contributed by atoms with van der Waals surface area (Å²) < 4.78 is 1.72. The third-order valence-corrected chi connectivity index (χ3v) is 6.06. The van der Waals surface area contributed by atoms with Gasteiger partial charge in [0.2, 0.25) is 0 Å².